The van der Waals surface area contributed by atoms with Crippen molar-refractivity contribution in [3.63, 3.8) is 0 Å². The van der Waals surface area contributed by atoms with Crippen molar-refractivity contribution in [1.29, 1.82) is 0 Å². The van der Waals surface area contributed by atoms with Crippen LogP contribution in [0.1, 0.15) is 62.3 Å². The van der Waals surface area contributed by atoms with Crippen LogP contribution in [0, 0.1) is 11.8 Å². The minimum absolute atomic E-state index is 0.0748. The van der Waals surface area contributed by atoms with Crippen molar-refractivity contribution >= 4 is 23.3 Å². The Bertz CT molecular complexity index is 636. The predicted molar refractivity (Wildman–Crippen MR) is 108 cm³/mol. The van der Waals surface area contributed by atoms with Crippen LogP contribution in [0.3, 0.4) is 0 Å². The van der Waals surface area contributed by atoms with Crippen LogP contribution in [-0.4, -0.2) is 47.9 Å². The van der Waals surface area contributed by atoms with Gasteiger partial charge in [0.05, 0.1) is 12.0 Å². The molecular formula is C21H31N3O2S. The van der Waals surface area contributed by atoms with E-state index >= 15 is 0 Å². The average Bonchev–Trinajstić information content (AvgIpc) is 3.48. The second kappa shape index (κ2) is 8.63. The van der Waals surface area contributed by atoms with Crippen molar-refractivity contribution < 1.29 is 9.59 Å². The topological polar surface area (TPSA) is 52.7 Å². The van der Waals surface area contributed by atoms with Crippen molar-refractivity contribution in [3.8, 4) is 0 Å². The molecule has 0 bridgehead atoms. The molecule has 2 saturated heterocycles. The highest BCUT2D eigenvalue weighted by Gasteiger charge is 2.34. The van der Waals surface area contributed by atoms with Gasteiger partial charge in [-0.05, 0) is 55.9 Å². The molecule has 2 atom stereocenters. The van der Waals surface area contributed by atoms with Gasteiger partial charge in [-0.25, -0.2) is 4.79 Å². The lowest BCUT2D eigenvalue weighted by molar-refractivity contribution is -0.127. The molecule has 1 saturated carbocycles. The molecule has 3 amide bonds. The van der Waals surface area contributed by atoms with E-state index in [-0.39, 0.29) is 23.9 Å². The monoisotopic (exact) mass is 389 g/mol. The van der Waals surface area contributed by atoms with Gasteiger partial charge >= 0.3 is 6.03 Å². The Labute approximate surface area is 166 Å². The molecule has 1 N–H and O–H groups in total. The van der Waals surface area contributed by atoms with Crippen LogP contribution in [0.4, 0.5) is 4.79 Å². The maximum Gasteiger partial charge on any atom is 0.320 e. The molecule has 6 heteroatoms. The molecule has 0 spiro atoms. The van der Waals surface area contributed by atoms with Gasteiger partial charge in [0.15, 0.2) is 0 Å². The van der Waals surface area contributed by atoms with E-state index in [9.17, 15) is 9.59 Å². The molecule has 3 heterocycles. The summed E-state index contributed by atoms with van der Waals surface area (Å²) in [7, 11) is 0. The molecule has 0 unspecified atom stereocenters. The van der Waals surface area contributed by atoms with Crippen molar-refractivity contribution in [2.75, 3.05) is 26.2 Å². The molecule has 148 valence electrons. The Morgan fingerprint density at radius 1 is 1.00 bits per heavy atom. The summed E-state index contributed by atoms with van der Waals surface area (Å²) >= 11 is 1.74. The van der Waals surface area contributed by atoms with Crippen molar-refractivity contribution in [1.82, 2.24) is 15.1 Å². The maximum absolute atomic E-state index is 13.1. The molecule has 1 aromatic heterocycles. The Hall–Kier alpha value is -1.56. The second-order valence-corrected chi connectivity index (χ2v) is 9.29. The summed E-state index contributed by atoms with van der Waals surface area (Å²) in [5, 5.41) is 5.48. The molecule has 3 aliphatic rings. The quantitative estimate of drug-likeness (QED) is 0.845. The number of nitrogens with one attached hydrogen (secondary N) is 1. The van der Waals surface area contributed by atoms with Crippen LogP contribution in [0.2, 0.25) is 0 Å². The maximum atomic E-state index is 13.1. The summed E-state index contributed by atoms with van der Waals surface area (Å²) in [4.78, 5) is 30.9. The van der Waals surface area contributed by atoms with E-state index in [4.69, 9.17) is 0 Å². The number of rotatable bonds is 4. The molecule has 27 heavy (non-hydrogen) atoms. The first-order valence-electron chi connectivity index (χ1n) is 10.6. The number of hydrogen-bond acceptors (Lipinski definition) is 3. The first-order chi connectivity index (χ1) is 13.2. The van der Waals surface area contributed by atoms with E-state index in [0.29, 0.717) is 12.5 Å². The minimum Gasteiger partial charge on any atom is -0.348 e. The number of likely N-dealkylation sites (tertiary alicyclic amines) is 2. The highest BCUT2D eigenvalue weighted by Crippen LogP contribution is 2.37. The van der Waals surface area contributed by atoms with Crippen molar-refractivity contribution in [2.24, 2.45) is 11.8 Å². The third-order valence-corrected chi connectivity index (χ3v) is 7.41. The van der Waals surface area contributed by atoms with E-state index in [1.165, 1.54) is 30.6 Å². The van der Waals surface area contributed by atoms with Crippen LogP contribution in [0.25, 0.3) is 0 Å². The number of amides is 3. The average molecular weight is 390 g/mol. The van der Waals surface area contributed by atoms with Gasteiger partial charge in [-0.1, -0.05) is 18.9 Å². The molecule has 0 aromatic carbocycles. The summed E-state index contributed by atoms with van der Waals surface area (Å²) < 4.78 is 0. The normalized spacial score (nSPS) is 25.0. The molecule has 5 nitrogen and oxygen atoms in total. The number of thiophene rings is 1. The largest absolute Gasteiger partial charge is 0.348 e. The lowest BCUT2D eigenvalue weighted by Gasteiger charge is -2.35. The Balaban J connectivity index is 1.39. The summed E-state index contributed by atoms with van der Waals surface area (Å²) in [6, 6.07) is 4.50. The van der Waals surface area contributed by atoms with E-state index in [1.54, 1.807) is 11.3 Å². The molecule has 1 aromatic rings. The summed E-state index contributed by atoms with van der Waals surface area (Å²) in [5.41, 5.74) is 0. The molecule has 3 fully saturated rings. The van der Waals surface area contributed by atoms with Crippen LogP contribution in [-0.2, 0) is 4.79 Å². The zero-order chi connectivity index (χ0) is 18.6. The van der Waals surface area contributed by atoms with E-state index in [0.717, 1.165) is 45.3 Å². The van der Waals surface area contributed by atoms with Crippen molar-refractivity contribution in [2.45, 2.75) is 57.4 Å². The van der Waals surface area contributed by atoms with E-state index in [2.05, 4.69) is 22.8 Å². The molecular weight excluding hydrogens is 358 g/mol. The van der Waals surface area contributed by atoms with Crippen LogP contribution >= 0.6 is 11.3 Å². The van der Waals surface area contributed by atoms with Crippen molar-refractivity contribution in [3.05, 3.63) is 22.4 Å². The lowest BCUT2D eigenvalue weighted by Crippen LogP contribution is -2.50. The number of carbonyl (C=O) groups excluding carboxylic acids is 2. The Morgan fingerprint density at radius 2 is 1.74 bits per heavy atom. The number of nitrogens with zero attached hydrogens (tertiary/aromatic N) is 2. The first kappa shape index (κ1) is 18.8. The highest BCUT2D eigenvalue weighted by atomic mass is 32.1. The van der Waals surface area contributed by atoms with Gasteiger partial charge in [0.25, 0.3) is 0 Å². The Kier molecular flexibility index (Phi) is 6.01. The van der Waals surface area contributed by atoms with Gasteiger partial charge in [0.2, 0.25) is 5.91 Å². The van der Waals surface area contributed by atoms with Gasteiger partial charge in [0, 0.05) is 31.1 Å². The van der Waals surface area contributed by atoms with Gasteiger partial charge < -0.3 is 15.1 Å². The predicted octanol–water partition coefficient (Wildman–Crippen LogP) is 4.02. The van der Waals surface area contributed by atoms with Gasteiger partial charge in [-0.15, -0.1) is 11.3 Å². The fraction of sp³-hybridized carbons (Fsp3) is 0.714. The standard InChI is InChI=1S/C21H31N3O2S/c25-20(22-19(16-7-1-2-8-16)18-10-6-14-27-18)17-9-5-13-24(15-17)21(26)23-11-3-4-12-23/h6,10,14,16-17,19H,1-5,7-9,11-13,15H2,(H,22,25)/t17-,19+/m1/s1. The fourth-order valence-electron chi connectivity index (χ4n) is 4.92. The third-order valence-electron chi connectivity index (χ3n) is 6.46. The second-order valence-electron chi connectivity index (χ2n) is 8.31. The lowest BCUT2D eigenvalue weighted by atomic mass is 9.93. The Morgan fingerprint density at radius 3 is 2.44 bits per heavy atom. The van der Waals surface area contributed by atoms with Crippen LogP contribution in [0.15, 0.2) is 17.5 Å². The van der Waals surface area contributed by atoms with Gasteiger partial charge in [0.1, 0.15) is 0 Å². The number of carbonyl (C=O) groups is 2. The third kappa shape index (κ3) is 4.31. The van der Waals surface area contributed by atoms with Crippen LogP contribution in [0.5, 0.6) is 0 Å². The van der Waals surface area contributed by atoms with E-state index < -0.39 is 0 Å². The number of hydrogen-bond donors (Lipinski definition) is 1. The highest BCUT2D eigenvalue weighted by molar-refractivity contribution is 7.10. The molecule has 2 aliphatic heterocycles. The number of urea groups is 1. The van der Waals surface area contributed by atoms with Gasteiger partial charge in [-0.2, -0.15) is 0 Å². The van der Waals surface area contributed by atoms with Gasteiger partial charge in [-0.3, -0.25) is 4.79 Å². The first-order valence-corrected chi connectivity index (χ1v) is 11.5. The summed E-state index contributed by atoms with van der Waals surface area (Å²) in [6.07, 6.45) is 8.96. The van der Waals surface area contributed by atoms with Crippen LogP contribution < -0.4 is 5.32 Å². The van der Waals surface area contributed by atoms with E-state index in [1.807, 2.05) is 9.80 Å². The number of piperidine rings is 1. The molecule has 1 aliphatic carbocycles. The SMILES string of the molecule is O=C(N[C@H](c1cccs1)C1CCCC1)[C@@H]1CCCN(C(=O)N2CCCC2)C1. The minimum atomic E-state index is -0.0748. The summed E-state index contributed by atoms with van der Waals surface area (Å²) in [6.45, 7) is 3.10. The smallest absolute Gasteiger partial charge is 0.320 e. The molecule has 4 rings (SSSR count). The fourth-order valence-corrected chi connectivity index (χ4v) is 5.79. The zero-order valence-electron chi connectivity index (χ0n) is 16.1. The molecule has 0 radical (unpaired) electrons. The zero-order valence-corrected chi connectivity index (χ0v) is 16.9. The summed E-state index contributed by atoms with van der Waals surface area (Å²) in [5.74, 6) is 0.618.